The molecule has 1 rings (SSSR count). The predicted molar refractivity (Wildman–Crippen MR) is 74.6 cm³/mol. The Morgan fingerprint density at radius 1 is 1.24 bits per heavy atom. The van der Waals surface area contributed by atoms with Crippen LogP contribution in [0.4, 0.5) is 0 Å². The van der Waals surface area contributed by atoms with E-state index in [0.29, 0.717) is 0 Å². The van der Waals surface area contributed by atoms with E-state index in [4.69, 9.17) is 0 Å². The minimum atomic E-state index is 0. The van der Waals surface area contributed by atoms with Crippen molar-refractivity contribution >= 4 is 0 Å². The molecule has 2 radical (unpaired) electrons. The molecule has 0 saturated carbocycles. The second-order valence-electron chi connectivity index (χ2n) is 2.01. The second-order valence-corrected chi connectivity index (χ2v) is 2.01. The Hall–Kier alpha value is 0.513. The summed E-state index contributed by atoms with van der Waals surface area (Å²) in [6, 6.07) is 0. The number of rotatable bonds is 1. The maximum atomic E-state index is 4.23. The van der Waals surface area contributed by atoms with Crippen LogP contribution >= 0.6 is 0 Å². The summed E-state index contributed by atoms with van der Waals surface area (Å²) in [4.78, 5) is 0. The van der Waals surface area contributed by atoms with E-state index >= 15 is 0 Å². The molecule has 0 spiro atoms. The summed E-state index contributed by atoms with van der Waals surface area (Å²) >= 11 is 0. The summed E-state index contributed by atoms with van der Waals surface area (Å²) in [6.45, 7) is 11.4. The fraction of sp³-hybridized carbons (Fsp3) is 0.214. The minimum Gasteiger partial charge on any atom is -0.749 e. The molecular formula is C14H25MnNY-6. The zero-order valence-electron chi connectivity index (χ0n) is 11.8. The van der Waals surface area contributed by atoms with Crippen LogP contribution in [0.5, 0.6) is 0 Å². The van der Waals surface area contributed by atoms with Gasteiger partial charge in [0.1, 0.15) is 0 Å². The van der Waals surface area contributed by atoms with E-state index in [1.807, 2.05) is 32.1 Å². The summed E-state index contributed by atoms with van der Waals surface area (Å²) in [5, 5.41) is 4.23. The van der Waals surface area contributed by atoms with Gasteiger partial charge in [-0.2, -0.15) is 12.5 Å². The van der Waals surface area contributed by atoms with Gasteiger partial charge in [-0.25, -0.2) is 18.7 Å². The van der Waals surface area contributed by atoms with Crippen LogP contribution in [-0.4, -0.2) is 0 Å². The molecule has 0 amide bonds. The maximum absolute atomic E-state index is 4.23. The molecule has 0 N–H and O–H groups in total. The molecule has 0 bridgehead atoms. The Balaban J connectivity index is -0.0000000411. The fourth-order valence-corrected chi connectivity index (χ4v) is 0.751. The van der Waals surface area contributed by atoms with Crippen LogP contribution in [0.25, 0.3) is 5.32 Å². The molecule has 102 valence electrons. The van der Waals surface area contributed by atoms with Gasteiger partial charge in [0.15, 0.2) is 0 Å². The molecule has 0 unspecified atom stereocenters. The summed E-state index contributed by atoms with van der Waals surface area (Å²) in [5.41, 5.74) is 1.93. The molecule has 0 aromatic carbocycles. The van der Waals surface area contributed by atoms with Crippen molar-refractivity contribution in [3.05, 3.63) is 77.1 Å². The predicted octanol–water partition coefficient (Wildman–Crippen LogP) is 5.13. The van der Waals surface area contributed by atoms with Gasteiger partial charge >= 0.3 is 0 Å². The third kappa shape index (κ3) is 16.5. The van der Waals surface area contributed by atoms with Crippen molar-refractivity contribution in [3.8, 4) is 0 Å². The van der Waals surface area contributed by atoms with E-state index in [1.165, 1.54) is 0 Å². The van der Waals surface area contributed by atoms with Crippen molar-refractivity contribution in [1.29, 1.82) is 0 Å². The van der Waals surface area contributed by atoms with Crippen LogP contribution in [0.2, 0.25) is 0 Å². The van der Waals surface area contributed by atoms with Gasteiger partial charge in [0.25, 0.3) is 0 Å². The van der Waals surface area contributed by atoms with Crippen LogP contribution in [0, 0.1) is 36.1 Å². The average Bonchev–Trinajstić information content (AvgIpc) is 2.21. The largest absolute Gasteiger partial charge is 0.749 e. The summed E-state index contributed by atoms with van der Waals surface area (Å²) in [5.74, 6) is 0. The molecule has 0 aromatic heterocycles. The molecule has 17 heavy (non-hydrogen) atoms. The molecule has 1 aliphatic heterocycles. The van der Waals surface area contributed by atoms with Gasteiger partial charge in [0.2, 0.25) is 0 Å². The van der Waals surface area contributed by atoms with Gasteiger partial charge in [0, 0.05) is 49.8 Å². The van der Waals surface area contributed by atoms with E-state index in [2.05, 4.69) is 19.2 Å². The first-order chi connectivity index (χ1) is 5.86. The third-order valence-electron chi connectivity index (χ3n) is 1.29. The smallest absolute Gasteiger partial charge is 0 e. The normalized spacial score (nSPS) is 12.4. The van der Waals surface area contributed by atoms with Gasteiger partial charge in [-0.3, -0.25) is 0 Å². The Labute approximate surface area is 146 Å². The van der Waals surface area contributed by atoms with Crippen LogP contribution in [0.1, 0.15) is 20.3 Å². The summed E-state index contributed by atoms with van der Waals surface area (Å²) in [7, 11) is 0. The first kappa shape index (κ1) is 36.0. The molecular weight excluding hydrogens is 326 g/mol. The van der Waals surface area contributed by atoms with Crippen molar-refractivity contribution in [2.45, 2.75) is 20.3 Å². The van der Waals surface area contributed by atoms with Gasteiger partial charge in [-0.05, 0) is 0 Å². The van der Waals surface area contributed by atoms with E-state index in [-0.39, 0.29) is 72.1 Å². The van der Waals surface area contributed by atoms with Crippen molar-refractivity contribution in [1.82, 2.24) is 0 Å². The summed E-state index contributed by atoms with van der Waals surface area (Å²) in [6.07, 6.45) is 8.32. The van der Waals surface area contributed by atoms with Gasteiger partial charge in [-0.1, -0.05) is 26.0 Å². The quantitative estimate of drug-likeness (QED) is 0.459. The molecule has 1 nitrogen and oxygen atoms in total. The zero-order valence-corrected chi connectivity index (χ0v) is 15.9. The van der Waals surface area contributed by atoms with Gasteiger partial charge < -0.3 is 40.2 Å². The topological polar surface area (TPSA) is 14.1 Å². The van der Waals surface area contributed by atoms with Gasteiger partial charge in [0.05, 0.1) is 0 Å². The molecule has 0 aromatic rings. The number of nitrogens with zero attached hydrogens (tertiary/aromatic N) is 1. The number of hydrogen-bond acceptors (Lipinski definition) is 0. The van der Waals surface area contributed by atoms with Crippen molar-refractivity contribution in [2.24, 2.45) is 0 Å². The molecule has 0 saturated heterocycles. The van der Waals surface area contributed by atoms with E-state index in [9.17, 15) is 0 Å². The Kier molecular flexibility index (Phi) is 53.8. The molecule has 3 heteroatoms. The average molecular weight is 351 g/mol. The fourth-order valence-electron chi connectivity index (χ4n) is 0.751. The molecule has 1 aliphatic rings. The number of hydrogen-bond donors (Lipinski definition) is 0. The molecule has 0 aliphatic carbocycles. The van der Waals surface area contributed by atoms with Crippen LogP contribution in [0.15, 0.2) is 35.7 Å². The monoisotopic (exact) mass is 351 g/mol. The van der Waals surface area contributed by atoms with Crippen LogP contribution < -0.4 is 0 Å². The molecule has 0 fully saturated rings. The van der Waals surface area contributed by atoms with Crippen LogP contribution in [-0.2, 0) is 49.8 Å². The van der Waals surface area contributed by atoms with Crippen molar-refractivity contribution < 1.29 is 49.8 Å². The third-order valence-corrected chi connectivity index (χ3v) is 1.29. The Morgan fingerprint density at radius 2 is 1.71 bits per heavy atom. The van der Waals surface area contributed by atoms with E-state index in [0.717, 1.165) is 17.8 Å². The molecule has 0 atom stereocenters. The Bertz CT molecular complexity index is 208. The van der Waals surface area contributed by atoms with Crippen LogP contribution in [0.3, 0.4) is 0 Å². The van der Waals surface area contributed by atoms with E-state index in [1.54, 1.807) is 6.08 Å². The number of allylic oxidation sites excluding steroid dienone is 5. The van der Waals surface area contributed by atoms with E-state index < -0.39 is 0 Å². The van der Waals surface area contributed by atoms with Gasteiger partial charge in [-0.15, -0.1) is 0 Å². The first-order valence-corrected chi connectivity index (χ1v) is 4.24. The second kappa shape index (κ2) is 25.4. The van der Waals surface area contributed by atoms with Crippen molar-refractivity contribution in [3.63, 3.8) is 0 Å². The minimum absolute atomic E-state index is 0. The maximum Gasteiger partial charge on any atom is 0 e. The summed E-state index contributed by atoms with van der Waals surface area (Å²) < 4.78 is 0. The van der Waals surface area contributed by atoms with Crippen molar-refractivity contribution in [2.75, 3.05) is 0 Å². The zero-order chi connectivity index (χ0) is 9.40. The standard InChI is InChI=1S/C9H10N.C2H6.3CH3.Mn.Y/c1-3-8-6-5-7-9(4-2)10-8;1-2;;;;;/h3,5-7H,1-2,4H2;1-2H3;3*1H3;;/q-3;;3*-1;;. The molecule has 1 heterocycles. The Morgan fingerprint density at radius 3 is 2.06 bits per heavy atom. The SMILES string of the molecule is CC.[CH2-]C=C1C=CC=C(C[CH2-])[N-]1.[CH3-].[CH3-].[CH3-].[Mn].[Y]. The first-order valence-electron chi connectivity index (χ1n) is 4.24.